The Morgan fingerprint density at radius 3 is 2.79 bits per heavy atom. The summed E-state index contributed by atoms with van der Waals surface area (Å²) in [4.78, 5) is 12.5. The van der Waals surface area contributed by atoms with Crippen molar-refractivity contribution in [3.63, 3.8) is 0 Å². The van der Waals surface area contributed by atoms with Gasteiger partial charge in [-0.15, -0.1) is 10.2 Å². The number of benzene rings is 1. The molecule has 0 aliphatic carbocycles. The van der Waals surface area contributed by atoms with E-state index in [9.17, 15) is 4.79 Å². The number of rotatable bonds is 5. The fourth-order valence-electron chi connectivity index (χ4n) is 3.59. The number of H-pyrrole nitrogens is 1. The van der Waals surface area contributed by atoms with Crippen molar-refractivity contribution >= 4 is 11.7 Å². The van der Waals surface area contributed by atoms with Gasteiger partial charge in [0.1, 0.15) is 5.82 Å². The number of anilines is 1. The fourth-order valence-corrected chi connectivity index (χ4v) is 3.59. The molecule has 1 atom stereocenters. The maximum atomic E-state index is 12.5. The van der Waals surface area contributed by atoms with Crippen molar-refractivity contribution in [1.29, 1.82) is 0 Å². The average molecular weight is 379 g/mol. The van der Waals surface area contributed by atoms with Gasteiger partial charge in [0, 0.05) is 30.4 Å². The number of hydrogen-bond donors (Lipinski definition) is 3. The molecule has 8 heteroatoms. The molecule has 0 radical (unpaired) electrons. The quantitative estimate of drug-likeness (QED) is 0.630. The molecule has 28 heavy (non-hydrogen) atoms. The van der Waals surface area contributed by atoms with E-state index in [0.29, 0.717) is 0 Å². The molecule has 0 bridgehead atoms. The van der Waals surface area contributed by atoms with Crippen LogP contribution in [0.3, 0.4) is 0 Å². The minimum atomic E-state index is -0.242. The van der Waals surface area contributed by atoms with Crippen LogP contribution in [-0.2, 0) is 13.0 Å². The number of nitrogens with one attached hydrogen (secondary N) is 3. The number of hydrogen-bond acceptors (Lipinski definition) is 4. The van der Waals surface area contributed by atoms with E-state index >= 15 is 0 Å². The molecule has 0 fully saturated rings. The van der Waals surface area contributed by atoms with E-state index in [1.165, 1.54) is 6.42 Å². The summed E-state index contributed by atoms with van der Waals surface area (Å²) in [7, 11) is 0. The van der Waals surface area contributed by atoms with Crippen LogP contribution in [0.25, 0.3) is 11.1 Å². The second-order valence-corrected chi connectivity index (χ2v) is 7.06. The standard InChI is InChI=1S/C20H25N7O/c1-2-17(19-26-25-18-6-4-3-5-11-27(18)19)24-20(28)23-16-9-7-14(8-10-16)15-12-21-22-13-15/h7-10,12-13,17H,2-6,11H2,1H3,(H,21,22)(H2,23,24,28). The maximum absolute atomic E-state index is 12.5. The number of aromatic amines is 1. The fraction of sp³-hybridized carbons (Fsp3) is 0.400. The molecule has 0 saturated heterocycles. The molecule has 4 rings (SSSR count). The number of carbonyl (C=O) groups excluding carboxylic acids is 1. The van der Waals surface area contributed by atoms with Gasteiger partial charge in [-0.05, 0) is 37.0 Å². The van der Waals surface area contributed by atoms with Crippen molar-refractivity contribution < 1.29 is 4.79 Å². The Labute approximate surface area is 163 Å². The Morgan fingerprint density at radius 2 is 2.04 bits per heavy atom. The first-order chi connectivity index (χ1) is 13.7. The molecule has 8 nitrogen and oxygen atoms in total. The Bertz CT molecular complexity index is 915. The zero-order valence-corrected chi connectivity index (χ0v) is 16.0. The van der Waals surface area contributed by atoms with Crippen molar-refractivity contribution in [1.82, 2.24) is 30.3 Å². The molecule has 1 unspecified atom stereocenters. The lowest BCUT2D eigenvalue weighted by Crippen LogP contribution is -2.34. The van der Waals surface area contributed by atoms with E-state index in [-0.39, 0.29) is 12.1 Å². The van der Waals surface area contributed by atoms with Crippen LogP contribution in [0.5, 0.6) is 0 Å². The lowest BCUT2D eigenvalue weighted by Gasteiger charge is -2.18. The molecule has 2 amide bonds. The van der Waals surface area contributed by atoms with E-state index in [2.05, 4.69) is 35.6 Å². The Morgan fingerprint density at radius 1 is 1.18 bits per heavy atom. The second-order valence-electron chi connectivity index (χ2n) is 7.06. The van der Waals surface area contributed by atoms with Crippen molar-refractivity contribution in [3.05, 3.63) is 48.3 Å². The first-order valence-corrected chi connectivity index (χ1v) is 9.83. The number of aryl methyl sites for hydroxylation is 1. The zero-order chi connectivity index (χ0) is 19.3. The molecular weight excluding hydrogens is 354 g/mol. The molecule has 0 saturated carbocycles. The number of fused-ring (bicyclic) bond motifs is 1. The van der Waals surface area contributed by atoms with Crippen molar-refractivity contribution in [2.45, 2.75) is 51.6 Å². The number of carbonyl (C=O) groups is 1. The van der Waals surface area contributed by atoms with Gasteiger partial charge in [-0.25, -0.2) is 4.79 Å². The van der Waals surface area contributed by atoms with Gasteiger partial charge in [0.25, 0.3) is 0 Å². The van der Waals surface area contributed by atoms with Gasteiger partial charge in [0.15, 0.2) is 5.82 Å². The van der Waals surface area contributed by atoms with E-state index < -0.39 is 0 Å². The van der Waals surface area contributed by atoms with E-state index in [1.54, 1.807) is 6.20 Å². The molecule has 1 aliphatic heterocycles. The first kappa shape index (κ1) is 18.2. The summed E-state index contributed by atoms with van der Waals surface area (Å²) < 4.78 is 2.18. The lowest BCUT2D eigenvalue weighted by atomic mass is 10.1. The van der Waals surface area contributed by atoms with Crippen LogP contribution >= 0.6 is 0 Å². The van der Waals surface area contributed by atoms with Crippen LogP contribution in [0.2, 0.25) is 0 Å². The topological polar surface area (TPSA) is 101 Å². The second kappa shape index (κ2) is 8.24. The smallest absolute Gasteiger partial charge is 0.319 e. The van der Waals surface area contributed by atoms with Crippen LogP contribution < -0.4 is 10.6 Å². The van der Waals surface area contributed by atoms with Gasteiger partial charge in [-0.2, -0.15) is 5.10 Å². The molecule has 1 aliphatic rings. The zero-order valence-electron chi connectivity index (χ0n) is 16.0. The molecule has 2 aromatic heterocycles. The molecule has 146 valence electrons. The van der Waals surface area contributed by atoms with Crippen molar-refractivity contribution in [2.75, 3.05) is 5.32 Å². The highest BCUT2D eigenvalue weighted by molar-refractivity contribution is 5.89. The normalized spacial score (nSPS) is 14.8. The number of amides is 2. The van der Waals surface area contributed by atoms with Crippen molar-refractivity contribution in [2.24, 2.45) is 0 Å². The minimum Gasteiger partial charge on any atom is -0.328 e. The molecule has 3 heterocycles. The molecule has 3 aromatic rings. The van der Waals surface area contributed by atoms with E-state index in [0.717, 1.165) is 60.7 Å². The molecule has 3 N–H and O–H groups in total. The highest BCUT2D eigenvalue weighted by Crippen LogP contribution is 2.22. The predicted molar refractivity (Wildman–Crippen MR) is 107 cm³/mol. The van der Waals surface area contributed by atoms with Crippen LogP contribution in [0, 0.1) is 0 Å². The predicted octanol–water partition coefficient (Wildman–Crippen LogP) is 3.67. The van der Waals surface area contributed by atoms with Crippen LogP contribution in [0.15, 0.2) is 36.7 Å². The van der Waals surface area contributed by atoms with Gasteiger partial charge in [-0.3, -0.25) is 5.10 Å². The molecule has 0 spiro atoms. The van der Waals surface area contributed by atoms with Crippen LogP contribution in [0.1, 0.15) is 50.3 Å². The molecule has 1 aromatic carbocycles. The third kappa shape index (κ3) is 3.90. The van der Waals surface area contributed by atoms with Crippen LogP contribution in [-0.4, -0.2) is 31.0 Å². The summed E-state index contributed by atoms with van der Waals surface area (Å²) in [5.74, 6) is 1.88. The summed E-state index contributed by atoms with van der Waals surface area (Å²) in [6, 6.07) is 7.27. The number of nitrogens with zero attached hydrogens (tertiary/aromatic N) is 4. The summed E-state index contributed by atoms with van der Waals surface area (Å²) in [6.07, 6.45) is 8.80. The van der Waals surface area contributed by atoms with Gasteiger partial charge >= 0.3 is 6.03 Å². The van der Waals surface area contributed by atoms with E-state index in [1.807, 2.05) is 37.4 Å². The summed E-state index contributed by atoms with van der Waals surface area (Å²) >= 11 is 0. The monoisotopic (exact) mass is 379 g/mol. The minimum absolute atomic E-state index is 0.162. The Kier molecular flexibility index (Phi) is 5.36. The summed E-state index contributed by atoms with van der Waals surface area (Å²) in [6.45, 7) is 2.97. The van der Waals surface area contributed by atoms with Crippen molar-refractivity contribution in [3.8, 4) is 11.1 Å². The molecular formula is C20H25N7O. The van der Waals surface area contributed by atoms with E-state index in [4.69, 9.17) is 0 Å². The summed E-state index contributed by atoms with van der Waals surface area (Å²) in [5.41, 5.74) is 2.78. The largest absolute Gasteiger partial charge is 0.328 e. The van der Waals surface area contributed by atoms with Gasteiger partial charge in [0.05, 0.1) is 12.2 Å². The third-order valence-corrected chi connectivity index (χ3v) is 5.14. The lowest BCUT2D eigenvalue weighted by molar-refractivity contribution is 0.247. The number of urea groups is 1. The SMILES string of the molecule is CCC(NC(=O)Nc1ccc(-c2cn[nH]c2)cc1)c1nnc2n1CCCCC2. The summed E-state index contributed by atoms with van der Waals surface area (Å²) in [5, 5.41) is 21.4. The van der Waals surface area contributed by atoms with Gasteiger partial charge < -0.3 is 15.2 Å². The highest BCUT2D eigenvalue weighted by atomic mass is 16.2. The first-order valence-electron chi connectivity index (χ1n) is 9.83. The number of aromatic nitrogens is 5. The highest BCUT2D eigenvalue weighted by Gasteiger charge is 2.22. The van der Waals surface area contributed by atoms with Gasteiger partial charge in [-0.1, -0.05) is 25.5 Å². The Balaban J connectivity index is 1.42. The Hall–Kier alpha value is -3.16. The third-order valence-electron chi connectivity index (χ3n) is 5.14. The van der Waals surface area contributed by atoms with Crippen LogP contribution in [0.4, 0.5) is 10.5 Å². The average Bonchev–Trinajstić information content (AvgIpc) is 3.32. The van der Waals surface area contributed by atoms with Gasteiger partial charge in [0.2, 0.25) is 0 Å². The maximum Gasteiger partial charge on any atom is 0.319 e.